The molecule has 1 aromatic rings. The van der Waals surface area contributed by atoms with Crippen molar-refractivity contribution in [2.45, 2.75) is 38.5 Å². The molecule has 5 rings (SSSR count). The predicted octanol–water partition coefficient (Wildman–Crippen LogP) is 1.33. The topological polar surface area (TPSA) is 96.7 Å². The molecule has 1 amide bonds. The number of nitrogens with two attached hydrogens (primary N) is 1. The van der Waals surface area contributed by atoms with Gasteiger partial charge in [0.05, 0.1) is 0 Å². The van der Waals surface area contributed by atoms with Crippen molar-refractivity contribution < 1.29 is 4.79 Å². The van der Waals surface area contributed by atoms with Crippen LogP contribution in [0.5, 0.6) is 0 Å². The van der Waals surface area contributed by atoms with E-state index in [2.05, 4.69) is 20.5 Å². The lowest BCUT2D eigenvalue weighted by atomic mass is 9.49. The van der Waals surface area contributed by atoms with E-state index in [9.17, 15) is 4.79 Å². The lowest BCUT2D eigenvalue weighted by Crippen LogP contribution is -2.51. The Morgan fingerprint density at radius 2 is 1.85 bits per heavy atom. The summed E-state index contributed by atoms with van der Waals surface area (Å²) >= 11 is 0. The van der Waals surface area contributed by atoms with Gasteiger partial charge in [0.25, 0.3) is 5.91 Å². The molecule has 0 radical (unpaired) electrons. The second kappa shape index (κ2) is 4.20. The van der Waals surface area contributed by atoms with Crippen molar-refractivity contribution in [2.75, 3.05) is 12.3 Å². The Hall–Kier alpha value is -1.59. The molecule has 0 saturated heterocycles. The summed E-state index contributed by atoms with van der Waals surface area (Å²) in [6.45, 7) is 0.774. The number of aromatic amines is 1. The average molecular weight is 275 g/mol. The van der Waals surface area contributed by atoms with Crippen molar-refractivity contribution in [3.63, 3.8) is 0 Å². The fourth-order valence-corrected chi connectivity index (χ4v) is 5.23. The van der Waals surface area contributed by atoms with Crippen LogP contribution >= 0.6 is 0 Å². The second-order valence-electron chi connectivity index (χ2n) is 7.14. The lowest BCUT2D eigenvalue weighted by molar-refractivity contribution is -0.0503. The SMILES string of the molecule is Nc1n[nH]c(C(=O)NCC23CC4CC(CC(C4)C2)C3)n1. The highest BCUT2D eigenvalue weighted by Crippen LogP contribution is 2.59. The van der Waals surface area contributed by atoms with Crippen molar-refractivity contribution in [1.82, 2.24) is 20.5 Å². The van der Waals surface area contributed by atoms with E-state index in [1.165, 1.54) is 38.5 Å². The first-order valence-electron chi connectivity index (χ1n) is 7.58. The third kappa shape index (κ3) is 1.98. The van der Waals surface area contributed by atoms with Gasteiger partial charge in [0, 0.05) is 6.54 Å². The van der Waals surface area contributed by atoms with Crippen LogP contribution in [0.1, 0.15) is 49.1 Å². The number of nitrogens with one attached hydrogen (secondary N) is 2. The number of H-pyrrole nitrogens is 1. The predicted molar refractivity (Wildman–Crippen MR) is 73.7 cm³/mol. The van der Waals surface area contributed by atoms with Gasteiger partial charge in [-0.25, -0.2) is 0 Å². The van der Waals surface area contributed by atoms with Crippen LogP contribution in [0, 0.1) is 23.2 Å². The monoisotopic (exact) mass is 275 g/mol. The Morgan fingerprint density at radius 1 is 1.25 bits per heavy atom. The smallest absolute Gasteiger partial charge is 0.288 e. The molecule has 0 atom stereocenters. The average Bonchev–Trinajstić information content (AvgIpc) is 2.81. The van der Waals surface area contributed by atoms with E-state index in [-0.39, 0.29) is 17.7 Å². The first-order valence-corrected chi connectivity index (χ1v) is 7.58. The second-order valence-corrected chi connectivity index (χ2v) is 7.14. The maximum Gasteiger partial charge on any atom is 0.288 e. The molecule has 6 nitrogen and oxygen atoms in total. The number of carbonyl (C=O) groups excluding carboxylic acids is 1. The van der Waals surface area contributed by atoms with E-state index in [1.807, 2.05) is 0 Å². The molecule has 0 aromatic carbocycles. The van der Waals surface area contributed by atoms with Crippen molar-refractivity contribution in [2.24, 2.45) is 23.2 Å². The number of carbonyl (C=O) groups is 1. The fourth-order valence-electron chi connectivity index (χ4n) is 5.23. The summed E-state index contributed by atoms with van der Waals surface area (Å²) in [5.74, 6) is 2.85. The number of hydrogen-bond donors (Lipinski definition) is 3. The number of nitrogens with zero attached hydrogens (tertiary/aromatic N) is 2. The van der Waals surface area contributed by atoms with E-state index >= 15 is 0 Å². The molecule has 0 aliphatic heterocycles. The van der Waals surface area contributed by atoms with Crippen LogP contribution in [0.2, 0.25) is 0 Å². The van der Waals surface area contributed by atoms with Crippen molar-refractivity contribution in [3.05, 3.63) is 5.82 Å². The number of nitrogen functional groups attached to an aromatic ring is 1. The lowest BCUT2D eigenvalue weighted by Gasteiger charge is -2.56. The largest absolute Gasteiger partial charge is 0.366 e. The van der Waals surface area contributed by atoms with Crippen LogP contribution in [-0.4, -0.2) is 27.6 Å². The molecule has 4 N–H and O–H groups in total. The summed E-state index contributed by atoms with van der Waals surface area (Å²) in [7, 11) is 0. The van der Waals surface area contributed by atoms with E-state index in [0.717, 1.165) is 24.3 Å². The van der Waals surface area contributed by atoms with Crippen molar-refractivity contribution in [3.8, 4) is 0 Å². The minimum Gasteiger partial charge on any atom is -0.366 e. The number of amides is 1. The van der Waals surface area contributed by atoms with Gasteiger partial charge in [-0.05, 0) is 61.7 Å². The van der Waals surface area contributed by atoms with Crippen molar-refractivity contribution in [1.29, 1.82) is 0 Å². The van der Waals surface area contributed by atoms with Crippen LogP contribution in [0.25, 0.3) is 0 Å². The van der Waals surface area contributed by atoms with Crippen LogP contribution in [0.3, 0.4) is 0 Å². The molecule has 4 aliphatic carbocycles. The van der Waals surface area contributed by atoms with E-state index in [4.69, 9.17) is 5.73 Å². The molecule has 0 unspecified atom stereocenters. The molecular formula is C14H21N5O. The van der Waals surface area contributed by atoms with Gasteiger partial charge in [0.1, 0.15) is 0 Å². The molecule has 20 heavy (non-hydrogen) atoms. The summed E-state index contributed by atoms with van der Waals surface area (Å²) in [4.78, 5) is 15.9. The zero-order valence-corrected chi connectivity index (χ0v) is 11.6. The number of hydrogen-bond acceptors (Lipinski definition) is 4. The van der Waals surface area contributed by atoms with Gasteiger partial charge in [0.2, 0.25) is 11.8 Å². The minimum absolute atomic E-state index is 0.116. The molecule has 1 heterocycles. The number of anilines is 1. The van der Waals surface area contributed by atoms with Gasteiger partial charge in [0.15, 0.2) is 0 Å². The third-order valence-corrected chi connectivity index (χ3v) is 5.51. The summed E-state index contributed by atoms with van der Waals surface area (Å²) < 4.78 is 0. The normalized spacial score (nSPS) is 38.1. The molecule has 4 saturated carbocycles. The zero-order valence-electron chi connectivity index (χ0n) is 11.6. The molecular weight excluding hydrogens is 254 g/mol. The van der Waals surface area contributed by atoms with Gasteiger partial charge < -0.3 is 11.1 Å². The molecule has 0 spiro atoms. The Labute approximate surface area is 117 Å². The summed E-state index contributed by atoms with van der Waals surface area (Å²) in [6.07, 6.45) is 8.14. The quantitative estimate of drug-likeness (QED) is 0.775. The van der Waals surface area contributed by atoms with Crippen LogP contribution < -0.4 is 11.1 Å². The maximum atomic E-state index is 12.1. The molecule has 4 fully saturated rings. The Balaban J connectivity index is 1.43. The van der Waals surface area contributed by atoms with E-state index < -0.39 is 0 Å². The van der Waals surface area contributed by atoms with Gasteiger partial charge in [-0.3, -0.25) is 9.89 Å². The van der Waals surface area contributed by atoms with Gasteiger partial charge in [-0.1, -0.05) is 0 Å². The summed E-state index contributed by atoms with van der Waals surface area (Å²) in [6, 6.07) is 0. The molecule has 108 valence electrons. The minimum atomic E-state index is -0.190. The summed E-state index contributed by atoms with van der Waals surface area (Å²) in [5.41, 5.74) is 5.77. The van der Waals surface area contributed by atoms with Crippen LogP contribution in [0.4, 0.5) is 5.95 Å². The van der Waals surface area contributed by atoms with Gasteiger partial charge in [-0.15, -0.1) is 5.10 Å². The Bertz CT molecular complexity index is 502. The van der Waals surface area contributed by atoms with Crippen LogP contribution in [-0.2, 0) is 0 Å². The first-order chi connectivity index (χ1) is 9.62. The highest BCUT2D eigenvalue weighted by molar-refractivity contribution is 5.90. The van der Waals surface area contributed by atoms with E-state index in [0.29, 0.717) is 5.41 Å². The molecule has 4 aliphatic rings. The Morgan fingerprint density at radius 3 is 2.35 bits per heavy atom. The third-order valence-electron chi connectivity index (χ3n) is 5.51. The van der Waals surface area contributed by atoms with E-state index in [1.54, 1.807) is 0 Å². The maximum absolute atomic E-state index is 12.1. The number of rotatable bonds is 3. The van der Waals surface area contributed by atoms with Crippen molar-refractivity contribution >= 4 is 11.9 Å². The highest BCUT2D eigenvalue weighted by atomic mass is 16.2. The molecule has 6 heteroatoms. The molecule has 1 aromatic heterocycles. The van der Waals surface area contributed by atoms with Crippen LogP contribution in [0.15, 0.2) is 0 Å². The van der Waals surface area contributed by atoms with Gasteiger partial charge in [-0.2, -0.15) is 4.98 Å². The molecule has 4 bridgehead atoms. The van der Waals surface area contributed by atoms with Gasteiger partial charge >= 0.3 is 0 Å². The number of aromatic nitrogens is 3. The summed E-state index contributed by atoms with van der Waals surface area (Å²) in [5, 5.41) is 9.30. The zero-order chi connectivity index (χ0) is 13.7. The first kappa shape index (κ1) is 12.2. The Kier molecular flexibility index (Phi) is 2.56. The fraction of sp³-hybridized carbons (Fsp3) is 0.786. The highest BCUT2D eigenvalue weighted by Gasteiger charge is 2.50. The standard InChI is InChI=1S/C14H21N5O/c15-13-17-11(18-19-13)12(20)16-7-14-4-8-1-9(5-14)3-10(2-8)6-14/h8-10H,1-7H2,(H,16,20)(H3,15,17,18,19).